The first-order chi connectivity index (χ1) is 10.4. The van der Waals surface area contributed by atoms with Gasteiger partial charge in [0, 0.05) is 25.6 Å². The highest BCUT2D eigenvalue weighted by molar-refractivity contribution is 5.79. The summed E-state index contributed by atoms with van der Waals surface area (Å²) in [6.45, 7) is 0.204. The highest BCUT2D eigenvalue weighted by atomic mass is 19.4. The van der Waals surface area contributed by atoms with Gasteiger partial charge in [0.05, 0.1) is 6.42 Å². The van der Waals surface area contributed by atoms with Crippen LogP contribution in [0.4, 0.5) is 17.6 Å². The summed E-state index contributed by atoms with van der Waals surface area (Å²) >= 11 is 0. The summed E-state index contributed by atoms with van der Waals surface area (Å²) in [7, 11) is 1.49. The minimum absolute atomic E-state index is 0.240. The van der Waals surface area contributed by atoms with Gasteiger partial charge in [-0.2, -0.15) is 13.2 Å². The van der Waals surface area contributed by atoms with E-state index in [2.05, 4.69) is 15.6 Å². The van der Waals surface area contributed by atoms with Crippen molar-refractivity contribution in [3.05, 3.63) is 35.6 Å². The number of nitrogens with one attached hydrogen (secondary N) is 2. The second-order valence-corrected chi connectivity index (χ2v) is 5.48. The van der Waals surface area contributed by atoms with Crippen LogP contribution in [0.2, 0.25) is 0 Å². The monoisotopic (exact) mass is 317 g/mol. The summed E-state index contributed by atoms with van der Waals surface area (Å²) in [6, 6.07) is 6.60. The molecule has 1 aromatic carbocycles. The van der Waals surface area contributed by atoms with E-state index in [0.29, 0.717) is 18.1 Å². The molecule has 0 spiro atoms. The normalized spacial score (nSPS) is 17.2. The van der Waals surface area contributed by atoms with Gasteiger partial charge in [0.1, 0.15) is 5.82 Å². The SMILES string of the molecule is CN=C(NCCC(F)(F)F)NCC1(c2ccccc2F)CC1. The smallest absolute Gasteiger partial charge is 0.356 e. The zero-order valence-electron chi connectivity index (χ0n) is 12.3. The molecule has 3 nitrogen and oxygen atoms in total. The number of aliphatic imine (C=N–C) groups is 1. The molecule has 0 radical (unpaired) electrons. The van der Waals surface area contributed by atoms with Crippen molar-refractivity contribution in [2.75, 3.05) is 20.1 Å². The van der Waals surface area contributed by atoms with Crippen LogP contribution in [0.3, 0.4) is 0 Å². The molecule has 2 N–H and O–H groups in total. The van der Waals surface area contributed by atoms with Crippen molar-refractivity contribution in [2.45, 2.75) is 30.9 Å². The number of hydrogen-bond acceptors (Lipinski definition) is 1. The lowest BCUT2D eigenvalue weighted by atomic mass is 9.95. The standard InChI is InChI=1S/C15H19F4N3/c1-20-13(21-9-8-15(17,18)19)22-10-14(6-7-14)11-4-2-3-5-12(11)16/h2-5H,6-10H2,1H3,(H2,20,21,22). The molecule has 1 aliphatic carbocycles. The Labute approximate surface area is 126 Å². The molecule has 1 saturated carbocycles. The van der Waals surface area contributed by atoms with Gasteiger partial charge in [0.15, 0.2) is 5.96 Å². The van der Waals surface area contributed by atoms with E-state index in [1.54, 1.807) is 18.2 Å². The van der Waals surface area contributed by atoms with Crippen molar-refractivity contribution >= 4 is 5.96 Å². The Kier molecular flexibility index (Phi) is 4.93. The van der Waals surface area contributed by atoms with Crippen LogP contribution >= 0.6 is 0 Å². The van der Waals surface area contributed by atoms with Crippen molar-refractivity contribution < 1.29 is 17.6 Å². The minimum Gasteiger partial charge on any atom is -0.356 e. The van der Waals surface area contributed by atoms with Crippen LogP contribution in [0.15, 0.2) is 29.3 Å². The van der Waals surface area contributed by atoms with Gasteiger partial charge in [0.2, 0.25) is 0 Å². The van der Waals surface area contributed by atoms with Crippen LogP contribution in [0.5, 0.6) is 0 Å². The van der Waals surface area contributed by atoms with E-state index in [9.17, 15) is 17.6 Å². The number of halogens is 4. The van der Waals surface area contributed by atoms with Crippen LogP contribution in [0.25, 0.3) is 0 Å². The Morgan fingerprint density at radius 2 is 1.91 bits per heavy atom. The van der Waals surface area contributed by atoms with Crippen molar-refractivity contribution in [1.82, 2.24) is 10.6 Å². The molecule has 0 heterocycles. The lowest BCUT2D eigenvalue weighted by Crippen LogP contribution is -2.42. The van der Waals surface area contributed by atoms with Crippen molar-refractivity contribution in [2.24, 2.45) is 4.99 Å². The summed E-state index contributed by atoms with van der Waals surface area (Å²) in [5.41, 5.74) is 0.362. The van der Waals surface area contributed by atoms with Gasteiger partial charge in [-0.15, -0.1) is 0 Å². The average Bonchev–Trinajstić information content (AvgIpc) is 3.23. The Morgan fingerprint density at radius 1 is 1.23 bits per heavy atom. The van der Waals surface area contributed by atoms with E-state index in [4.69, 9.17) is 0 Å². The summed E-state index contributed by atoms with van der Waals surface area (Å²) in [4.78, 5) is 3.89. The molecule has 22 heavy (non-hydrogen) atoms. The first-order valence-corrected chi connectivity index (χ1v) is 7.13. The number of nitrogens with zero attached hydrogens (tertiary/aromatic N) is 1. The van der Waals surface area contributed by atoms with Gasteiger partial charge in [-0.05, 0) is 24.5 Å². The summed E-state index contributed by atoms with van der Waals surface area (Å²) in [5.74, 6) is 0.0497. The molecule has 0 atom stereocenters. The highest BCUT2D eigenvalue weighted by Gasteiger charge is 2.45. The van der Waals surface area contributed by atoms with Gasteiger partial charge >= 0.3 is 6.18 Å². The van der Waals surface area contributed by atoms with Crippen molar-refractivity contribution in [3.63, 3.8) is 0 Å². The summed E-state index contributed by atoms with van der Waals surface area (Å²) < 4.78 is 50.2. The molecule has 1 aliphatic rings. The fraction of sp³-hybridized carbons (Fsp3) is 0.533. The first-order valence-electron chi connectivity index (χ1n) is 7.13. The van der Waals surface area contributed by atoms with Crippen molar-refractivity contribution in [3.8, 4) is 0 Å². The van der Waals surface area contributed by atoms with Gasteiger partial charge in [0.25, 0.3) is 0 Å². The molecule has 0 aliphatic heterocycles. The number of hydrogen-bond donors (Lipinski definition) is 2. The molecule has 1 fully saturated rings. The molecule has 1 aromatic rings. The molecule has 0 unspecified atom stereocenters. The molecular weight excluding hydrogens is 298 g/mol. The van der Waals surface area contributed by atoms with E-state index >= 15 is 0 Å². The maximum atomic E-state index is 13.9. The fourth-order valence-electron chi connectivity index (χ4n) is 2.38. The molecular formula is C15H19F4N3. The van der Waals surface area contributed by atoms with Gasteiger partial charge < -0.3 is 10.6 Å². The largest absolute Gasteiger partial charge is 0.390 e. The maximum absolute atomic E-state index is 13.9. The molecule has 0 amide bonds. The van der Waals surface area contributed by atoms with Gasteiger partial charge in [-0.3, -0.25) is 4.99 Å². The van der Waals surface area contributed by atoms with Crippen LogP contribution in [-0.2, 0) is 5.41 Å². The number of rotatable bonds is 5. The molecule has 122 valence electrons. The third-order valence-corrected chi connectivity index (χ3v) is 3.82. The van der Waals surface area contributed by atoms with Crippen LogP contribution < -0.4 is 10.6 Å². The Hall–Kier alpha value is -1.79. The topological polar surface area (TPSA) is 36.4 Å². The zero-order chi connectivity index (χ0) is 16.2. The van der Waals surface area contributed by atoms with Crippen molar-refractivity contribution in [1.29, 1.82) is 0 Å². The first kappa shape index (κ1) is 16.6. The number of benzene rings is 1. The Bertz CT molecular complexity index is 536. The minimum atomic E-state index is -4.20. The highest BCUT2D eigenvalue weighted by Crippen LogP contribution is 2.48. The van der Waals surface area contributed by atoms with E-state index in [0.717, 1.165) is 12.8 Å². The lowest BCUT2D eigenvalue weighted by molar-refractivity contribution is -0.132. The predicted octanol–water partition coefficient (Wildman–Crippen LogP) is 2.97. The maximum Gasteiger partial charge on any atom is 0.390 e. The Balaban J connectivity index is 1.87. The predicted molar refractivity (Wildman–Crippen MR) is 77.3 cm³/mol. The van der Waals surface area contributed by atoms with Crippen LogP contribution in [0.1, 0.15) is 24.8 Å². The fourth-order valence-corrected chi connectivity index (χ4v) is 2.38. The van der Waals surface area contributed by atoms with E-state index < -0.39 is 12.6 Å². The molecule has 7 heteroatoms. The van der Waals surface area contributed by atoms with Crippen LogP contribution in [0, 0.1) is 5.82 Å². The molecule has 0 saturated heterocycles. The summed E-state index contributed by atoms with van der Waals surface area (Å²) in [6.07, 6.45) is -3.43. The quantitative estimate of drug-likeness (QED) is 0.498. The second-order valence-electron chi connectivity index (χ2n) is 5.48. The number of alkyl halides is 3. The molecule has 2 rings (SSSR count). The molecule has 0 aromatic heterocycles. The second kappa shape index (κ2) is 6.54. The lowest BCUT2D eigenvalue weighted by Gasteiger charge is -2.19. The van der Waals surface area contributed by atoms with Gasteiger partial charge in [-0.25, -0.2) is 4.39 Å². The Morgan fingerprint density at radius 3 is 2.45 bits per heavy atom. The third-order valence-electron chi connectivity index (χ3n) is 3.82. The summed E-state index contributed by atoms with van der Waals surface area (Å²) in [5, 5.41) is 5.61. The third kappa shape index (κ3) is 4.35. The van der Waals surface area contributed by atoms with E-state index in [-0.39, 0.29) is 17.8 Å². The van der Waals surface area contributed by atoms with Crippen LogP contribution in [-0.4, -0.2) is 32.3 Å². The van der Waals surface area contributed by atoms with E-state index in [1.165, 1.54) is 13.1 Å². The van der Waals surface area contributed by atoms with E-state index in [1.807, 2.05) is 0 Å². The molecule has 0 bridgehead atoms. The van der Waals surface area contributed by atoms with Gasteiger partial charge in [-0.1, -0.05) is 18.2 Å². The zero-order valence-corrected chi connectivity index (χ0v) is 12.3. The number of guanidine groups is 1. The average molecular weight is 317 g/mol.